The van der Waals surface area contributed by atoms with Gasteiger partial charge in [-0.2, -0.15) is 0 Å². The van der Waals surface area contributed by atoms with Gasteiger partial charge in [0.2, 0.25) is 6.43 Å². The van der Waals surface area contributed by atoms with E-state index in [2.05, 4.69) is 5.32 Å². The van der Waals surface area contributed by atoms with Crippen LogP contribution < -0.4 is 5.32 Å². The largest absolute Gasteiger partial charge is 0.507 e. The molecule has 0 spiro atoms. The van der Waals surface area contributed by atoms with Crippen molar-refractivity contribution in [1.82, 2.24) is 5.32 Å². The van der Waals surface area contributed by atoms with Crippen molar-refractivity contribution in [3.05, 3.63) is 29.3 Å². The van der Waals surface area contributed by atoms with Crippen LogP contribution in [0.15, 0.2) is 18.2 Å². The highest BCUT2D eigenvalue weighted by molar-refractivity contribution is 5.98. The lowest BCUT2D eigenvalue weighted by molar-refractivity contribution is -0.0654. The third-order valence-corrected chi connectivity index (χ3v) is 4.78. The molecule has 4 nitrogen and oxygen atoms in total. The number of alkyl halides is 2. The summed E-state index contributed by atoms with van der Waals surface area (Å²) < 4.78 is 31.1. The summed E-state index contributed by atoms with van der Waals surface area (Å²) in [5, 5.41) is 12.6. The van der Waals surface area contributed by atoms with E-state index in [1.54, 1.807) is 26.2 Å². The number of phenols is 1. The van der Waals surface area contributed by atoms with E-state index in [-0.39, 0.29) is 23.8 Å². The van der Waals surface area contributed by atoms with Gasteiger partial charge in [-0.05, 0) is 44.2 Å². The first-order chi connectivity index (χ1) is 10.9. The maximum atomic E-state index is 12.8. The Morgan fingerprint density at radius 3 is 2.61 bits per heavy atom. The Balaban J connectivity index is 2.00. The predicted molar refractivity (Wildman–Crippen MR) is 82.9 cm³/mol. The van der Waals surface area contributed by atoms with E-state index in [4.69, 9.17) is 4.74 Å². The highest BCUT2D eigenvalue weighted by Crippen LogP contribution is 2.37. The van der Waals surface area contributed by atoms with Gasteiger partial charge in [0, 0.05) is 19.6 Å². The first-order valence-corrected chi connectivity index (χ1v) is 7.78. The minimum Gasteiger partial charge on any atom is -0.507 e. The number of ether oxygens (including phenoxy) is 1. The Labute approximate surface area is 134 Å². The van der Waals surface area contributed by atoms with Crippen LogP contribution in [0.25, 0.3) is 0 Å². The van der Waals surface area contributed by atoms with Crippen LogP contribution in [0.3, 0.4) is 0 Å². The number of aromatic hydroxyl groups is 1. The van der Waals surface area contributed by atoms with Crippen LogP contribution in [0.5, 0.6) is 5.75 Å². The van der Waals surface area contributed by atoms with Crippen LogP contribution in [-0.4, -0.2) is 36.7 Å². The molecule has 2 rings (SSSR count). The number of rotatable bonds is 5. The topological polar surface area (TPSA) is 58.6 Å². The van der Waals surface area contributed by atoms with Crippen LogP contribution in [0.4, 0.5) is 8.78 Å². The molecule has 1 aromatic carbocycles. The fourth-order valence-corrected chi connectivity index (χ4v) is 3.15. The molecule has 0 saturated heterocycles. The van der Waals surface area contributed by atoms with Gasteiger partial charge in [-0.1, -0.05) is 12.1 Å². The normalized spacial score (nSPS) is 24.7. The summed E-state index contributed by atoms with van der Waals surface area (Å²) in [6, 6.07) is 4.88. The van der Waals surface area contributed by atoms with Crippen LogP contribution in [0.1, 0.15) is 41.6 Å². The van der Waals surface area contributed by atoms with E-state index in [0.717, 1.165) is 0 Å². The molecule has 1 fully saturated rings. The number of nitrogens with one attached hydrogen (secondary N) is 1. The summed E-state index contributed by atoms with van der Waals surface area (Å²) in [4.78, 5) is 12.3. The van der Waals surface area contributed by atoms with Gasteiger partial charge in [-0.25, -0.2) is 8.78 Å². The second kappa shape index (κ2) is 7.25. The minimum atomic E-state index is -2.30. The molecule has 23 heavy (non-hydrogen) atoms. The number of carbonyl (C=O) groups excluding carboxylic acids is 1. The molecule has 0 aliphatic heterocycles. The molecule has 1 aliphatic rings. The summed E-state index contributed by atoms with van der Waals surface area (Å²) in [6.07, 6.45) is -0.561. The van der Waals surface area contributed by atoms with Gasteiger partial charge in [0.05, 0.1) is 11.2 Å². The first kappa shape index (κ1) is 17.7. The smallest absolute Gasteiger partial charge is 0.255 e. The number of hydrogen-bond acceptors (Lipinski definition) is 3. The summed E-state index contributed by atoms with van der Waals surface area (Å²) in [5.74, 6) is -1.04. The molecular weight excluding hydrogens is 304 g/mol. The van der Waals surface area contributed by atoms with E-state index in [9.17, 15) is 18.7 Å². The van der Waals surface area contributed by atoms with Crippen molar-refractivity contribution in [2.24, 2.45) is 5.92 Å². The number of carbonyl (C=O) groups is 1. The van der Waals surface area contributed by atoms with Crippen molar-refractivity contribution in [2.45, 2.75) is 44.6 Å². The highest BCUT2D eigenvalue weighted by atomic mass is 19.3. The van der Waals surface area contributed by atoms with Gasteiger partial charge in [-0.15, -0.1) is 0 Å². The van der Waals surface area contributed by atoms with Gasteiger partial charge < -0.3 is 15.2 Å². The molecule has 0 radical (unpaired) electrons. The SMILES string of the molecule is COC1(CNC(=O)c2c(C)cccc2O)CCC(C(F)F)CC1. The van der Waals surface area contributed by atoms with Gasteiger partial charge in [0.15, 0.2) is 0 Å². The van der Waals surface area contributed by atoms with Crippen LogP contribution in [0.2, 0.25) is 0 Å². The van der Waals surface area contributed by atoms with Gasteiger partial charge in [0.25, 0.3) is 5.91 Å². The van der Waals surface area contributed by atoms with E-state index in [1.165, 1.54) is 6.07 Å². The number of methoxy groups -OCH3 is 1. The first-order valence-electron chi connectivity index (χ1n) is 7.78. The highest BCUT2D eigenvalue weighted by Gasteiger charge is 2.38. The maximum Gasteiger partial charge on any atom is 0.255 e. The van der Waals surface area contributed by atoms with E-state index in [0.29, 0.717) is 31.2 Å². The Bertz CT molecular complexity index is 535. The van der Waals surface area contributed by atoms with E-state index >= 15 is 0 Å². The van der Waals surface area contributed by atoms with Crippen molar-refractivity contribution in [3.8, 4) is 5.75 Å². The Morgan fingerprint density at radius 2 is 2.09 bits per heavy atom. The molecule has 1 amide bonds. The molecule has 0 unspecified atom stereocenters. The molecule has 0 heterocycles. The molecule has 2 N–H and O–H groups in total. The van der Waals surface area contributed by atoms with Crippen molar-refractivity contribution in [3.63, 3.8) is 0 Å². The van der Waals surface area contributed by atoms with Crippen molar-refractivity contribution in [1.29, 1.82) is 0 Å². The van der Waals surface area contributed by atoms with Gasteiger partial charge >= 0.3 is 0 Å². The molecule has 0 atom stereocenters. The van der Waals surface area contributed by atoms with E-state index in [1.807, 2.05) is 0 Å². The molecule has 128 valence electrons. The fraction of sp³-hybridized carbons (Fsp3) is 0.588. The van der Waals surface area contributed by atoms with E-state index < -0.39 is 17.9 Å². The number of amides is 1. The molecule has 0 aromatic heterocycles. The molecule has 0 bridgehead atoms. The van der Waals surface area contributed by atoms with Crippen molar-refractivity contribution < 1.29 is 23.4 Å². The average molecular weight is 327 g/mol. The zero-order valence-electron chi connectivity index (χ0n) is 13.4. The standard InChI is InChI=1S/C17H23F2NO3/c1-11-4-3-5-13(21)14(11)16(22)20-10-17(23-2)8-6-12(7-9-17)15(18)19/h3-5,12,15,21H,6-10H2,1-2H3,(H,20,22). The molecule has 1 aromatic rings. The molecule has 1 aliphatic carbocycles. The number of aryl methyl sites for hydroxylation is 1. The quantitative estimate of drug-likeness (QED) is 0.872. The zero-order chi connectivity index (χ0) is 17.0. The summed E-state index contributed by atoms with van der Waals surface area (Å²) in [5.41, 5.74) is 0.301. The second-order valence-electron chi connectivity index (χ2n) is 6.21. The zero-order valence-corrected chi connectivity index (χ0v) is 13.4. The van der Waals surface area contributed by atoms with Crippen LogP contribution in [-0.2, 0) is 4.74 Å². The monoisotopic (exact) mass is 327 g/mol. The summed E-state index contributed by atoms with van der Waals surface area (Å²) in [6.45, 7) is 1.99. The molecular formula is C17H23F2NO3. The summed E-state index contributed by atoms with van der Waals surface area (Å²) >= 11 is 0. The maximum absolute atomic E-state index is 12.8. The lowest BCUT2D eigenvalue weighted by atomic mass is 9.78. The number of benzene rings is 1. The second-order valence-corrected chi connectivity index (χ2v) is 6.21. The lowest BCUT2D eigenvalue weighted by Gasteiger charge is -2.39. The third kappa shape index (κ3) is 3.99. The van der Waals surface area contributed by atoms with Gasteiger partial charge in [-0.3, -0.25) is 4.79 Å². The molecule has 1 saturated carbocycles. The van der Waals surface area contributed by atoms with Crippen molar-refractivity contribution in [2.75, 3.05) is 13.7 Å². The van der Waals surface area contributed by atoms with Crippen LogP contribution in [0, 0.1) is 12.8 Å². The Kier molecular flexibility index (Phi) is 5.57. The van der Waals surface area contributed by atoms with Crippen LogP contribution >= 0.6 is 0 Å². The Morgan fingerprint density at radius 1 is 1.43 bits per heavy atom. The fourth-order valence-electron chi connectivity index (χ4n) is 3.15. The molecule has 6 heteroatoms. The predicted octanol–water partition coefficient (Wildman–Crippen LogP) is 3.27. The number of halogens is 2. The number of phenolic OH excluding ortho intramolecular Hbond substituents is 1. The van der Waals surface area contributed by atoms with Crippen molar-refractivity contribution >= 4 is 5.91 Å². The lowest BCUT2D eigenvalue weighted by Crippen LogP contribution is -2.47. The van der Waals surface area contributed by atoms with Gasteiger partial charge in [0.1, 0.15) is 5.75 Å². The number of hydrogen-bond donors (Lipinski definition) is 2. The minimum absolute atomic E-state index is 0.0737. The third-order valence-electron chi connectivity index (χ3n) is 4.78. The Hall–Kier alpha value is -1.69. The average Bonchev–Trinajstić information content (AvgIpc) is 2.53. The summed E-state index contributed by atoms with van der Waals surface area (Å²) in [7, 11) is 1.54.